The van der Waals surface area contributed by atoms with Gasteiger partial charge in [-0.2, -0.15) is 5.26 Å². The fourth-order valence-electron chi connectivity index (χ4n) is 1.01. The molecule has 0 unspecified atom stereocenters. The van der Waals surface area contributed by atoms with E-state index in [1.165, 1.54) is 6.07 Å². The number of anilines is 1. The highest BCUT2D eigenvalue weighted by molar-refractivity contribution is 5.61. The molecule has 0 aromatic carbocycles. The van der Waals surface area contributed by atoms with E-state index in [2.05, 4.69) is 4.98 Å². The third-order valence-electron chi connectivity index (χ3n) is 1.63. The Hall–Kier alpha value is -2.30. The molecule has 0 radical (unpaired) electrons. The van der Waals surface area contributed by atoms with Gasteiger partial charge in [-0.3, -0.25) is 0 Å². The van der Waals surface area contributed by atoms with Gasteiger partial charge in [0.2, 0.25) is 0 Å². The number of nitrogen functional groups attached to an aromatic ring is 1. The maximum atomic E-state index is 12.5. The molecule has 1 heterocycles. The molecule has 0 saturated carbocycles. The van der Waals surface area contributed by atoms with Crippen molar-refractivity contribution in [2.24, 2.45) is 0 Å². The zero-order valence-corrected chi connectivity index (χ0v) is 7.15. The summed E-state index contributed by atoms with van der Waals surface area (Å²) in [7, 11) is 0. The van der Waals surface area contributed by atoms with Crippen molar-refractivity contribution in [2.45, 2.75) is 6.43 Å². The summed E-state index contributed by atoms with van der Waals surface area (Å²) >= 11 is 0. The Kier molecular flexibility index (Phi) is 2.75. The molecule has 0 aliphatic rings. The predicted molar refractivity (Wildman–Crippen MR) is 45.0 cm³/mol. The Morgan fingerprint density at radius 3 is 2.67 bits per heavy atom. The largest absolute Gasteiger partial charge is 0.395 e. The summed E-state index contributed by atoms with van der Waals surface area (Å²) in [5, 5.41) is 18.9. The van der Waals surface area contributed by atoms with Crippen LogP contribution in [0.2, 0.25) is 0 Å². The highest BCUT2D eigenvalue weighted by atomic mass is 19.3. The first kappa shape index (κ1) is 10.8. The van der Waals surface area contributed by atoms with E-state index < -0.39 is 28.3 Å². The van der Waals surface area contributed by atoms with Crippen LogP contribution < -0.4 is 5.73 Å². The highest BCUT2D eigenvalue weighted by Gasteiger charge is 2.28. The van der Waals surface area contributed by atoms with Gasteiger partial charge < -0.3 is 15.8 Å². The minimum absolute atomic E-state index is 0.307. The minimum Gasteiger partial charge on any atom is -0.395 e. The molecule has 8 heteroatoms. The van der Waals surface area contributed by atoms with Crippen molar-refractivity contribution < 1.29 is 13.7 Å². The molecular formula is C7H4F2N4O2. The molecule has 0 aliphatic carbocycles. The van der Waals surface area contributed by atoms with Gasteiger partial charge in [0.15, 0.2) is 6.20 Å². The summed E-state index contributed by atoms with van der Waals surface area (Å²) in [6, 6.07) is 1.39. The first-order chi connectivity index (χ1) is 6.99. The summed E-state index contributed by atoms with van der Waals surface area (Å²) in [4.78, 5) is 12.4. The Balaban J connectivity index is 3.58. The van der Waals surface area contributed by atoms with Crippen LogP contribution in [0.3, 0.4) is 0 Å². The molecule has 1 aromatic rings. The van der Waals surface area contributed by atoms with Gasteiger partial charge in [0.05, 0.1) is 11.3 Å². The summed E-state index contributed by atoms with van der Waals surface area (Å²) in [5.41, 5.74) is 3.25. The number of rotatable bonds is 2. The van der Waals surface area contributed by atoms with E-state index in [-0.39, 0.29) is 5.69 Å². The molecular weight excluding hydrogens is 210 g/mol. The van der Waals surface area contributed by atoms with Crippen LogP contribution in [0.25, 0.3) is 0 Å². The molecule has 6 nitrogen and oxygen atoms in total. The number of nitrogens with zero attached hydrogens (tertiary/aromatic N) is 3. The maximum absolute atomic E-state index is 12.5. The Labute approximate surface area is 82.1 Å². The summed E-state index contributed by atoms with van der Waals surface area (Å²) in [6.45, 7) is 0. The molecule has 0 fully saturated rings. The second kappa shape index (κ2) is 3.83. The van der Waals surface area contributed by atoms with E-state index in [1.54, 1.807) is 0 Å². The highest BCUT2D eigenvalue weighted by Crippen LogP contribution is 2.32. The Morgan fingerprint density at radius 1 is 1.67 bits per heavy atom. The number of nitrogens with two attached hydrogens (primary N) is 1. The van der Waals surface area contributed by atoms with Crippen molar-refractivity contribution in [2.75, 3.05) is 5.73 Å². The number of pyridine rings is 1. The zero-order valence-electron chi connectivity index (χ0n) is 7.15. The van der Waals surface area contributed by atoms with Crippen molar-refractivity contribution in [3.05, 3.63) is 27.4 Å². The first-order valence-corrected chi connectivity index (χ1v) is 3.60. The van der Waals surface area contributed by atoms with E-state index in [9.17, 15) is 18.9 Å². The van der Waals surface area contributed by atoms with Crippen molar-refractivity contribution in [1.82, 2.24) is 4.98 Å². The van der Waals surface area contributed by atoms with Crippen LogP contribution in [0.5, 0.6) is 0 Å². The molecule has 15 heavy (non-hydrogen) atoms. The predicted octanol–water partition coefficient (Wildman–Crippen LogP) is 1.38. The van der Waals surface area contributed by atoms with Crippen LogP contribution in [-0.2, 0) is 0 Å². The lowest BCUT2D eigenvalue weighted by atomic mass is 10.1. The van der Waals surface area contributed by atoms with Crippen LogP contribution in [-0.4, -0.2) is 9.91 Å². The normalized spacial score (nSPS) is 10.0. The van der Waals surface area contributed by atoms with Gasteiger partial charge in [-0.25, -0.2) is 8.78 Å². The number of aromatic nitrogens is 1. The third kappa shape index (κ3) is 1.80. The molecule has 0 saturated heterocycles. The summed E-state index contributed by atoms with van der Waals surface area (Å²) in [6.07, 6.45) is -2.36. The number of halogens is 2. The maximum Gasteiger partial charge on any atom is 0.373 e. The monoisotopic (exact) mass is 214 g/mol. The number of nitriles is 1. The number of hydrogen-bond donors (Lipinski definition) is 1. The number of hydrogen-bond acceptors (Lipinski definition) is 5. The van der Waals surface area contributed by atoms with E-state index in [4.69, 9.17) is 11.0 Å². The van der Waals surface area contributed by atoms with Gasteiger partial charge in [0, 0.05) is 0 Å². The van der Waals surface area contributed by atoms with Gasteiger partial charge >= 0.3 is 5.82 Å². The molecule has 0 atom stereocenters. The zero-order chi connectivity index (χ0) is 11.6. The van der Waals surface area contributed by atoms with E-state index in [1.807, 2.05) is 0 Å². The lowest BCUT2D eigenvalue weighted by Gasteiger charge is -2.04. The van der Waals surface area contributed by atoms with Crippen LogP contribution in [0.15, 0.2) is 6.20 Å². The molecule has 78 valence electrons. The molecule has 0 aliphatic heterocycles. The second-order valence-corrected chi connectivity index (χ2v) is 2.50. The van der Waals surface area contributed by atoms with Gasteiger partial charge in [0.25, 0.3) is 6.43 Å². The van der Waals surface area contributed by atoms with E-state index in [0.29, 0.717) is 0 Å². The lowest BCUT2D eigenvalue weighted by Crippen LogP contribution is -2.05. The first-order valence-electron chi connectivity index (χ1n) is 3.60. The fraction of sp³-hybridized carbons (Fsp3) is 0.143. The summed E-state index contributed by atoms with van der Waals surface area (Å²) < 4.78 is 24.9. The van der Waals surface area contributed by atoms with Crippen LogP contribution in [0, 0.1) is 21.4 Å². The number of alkyl halides is 2. The van der Waals surface area contributed by atoms with E-state index >= 15 is 0 Å². The average molecular weight is 214 g/mol. The molecule has 0 bridgehead atoms. The van der Waals surface area contributed by atoms with Gasteiger partial charge in [0.1, 0.15) is 11.6 Å². The van der Waals surface area contributed by atoms with E-state index in [0.717, 1.165) is 6.20 Å². The van der Waals surface area contributed by atoms with Crippen molar-refractivity contribution in [1.29, 1.82) is 5.26 Å². The standard InChI is InChI=1S/C7H4F2N4O2/c8-6(9)5-3(1-10)4(11)2-12-7(5)13(14)15/h2,6H,11H2. The fourth-order valence-corrected chi connectivity index (χ4v) is 1.01. The van der Waals surface area contributed by atoms with Crippen molar-refractivity contribution in [3.63, 3.8) is 0 Å². The topological polar surface area (TPSA) is 106 Å². The average Bonchev–Trinajstić information content (AvgIpc) is 2.16. The van der Waals surface area contributed by atoms with Crippen LogP contribution >= 0.6 is 0 Å². The van der Waals surface area contributed by atoms with Gasteiger partial charge in [-0.05, 0) is 9.91 Å². The minimum atomic E-state index is -3.17. The Bertz CT molecular complexity index is 455. The van der Waals surface area contributed by atoms with Crippen molar-refractivity contribution >= 4 is 11.5 Å². The van der Waals surface area contributed by atoms with Crippen LogP contribution in [0.4, 0.5) is 20.3 Å². The molecule has 0 spiro atoms. The van der Waals surface area contributed by atoms with Gasteiger partial charge in [-0.15, -0.1) is 0 Å². The van der Waals surface area contributed by atoms with Crippen LogP contribution in [0.1, 0.15) is 17.6 Å². The van der Waals surface area contributed by atoms with Crippen molar-refractivity contribution in [3.8, 4) is 6.07 Å². The molecule has 2 N–H and O–H groups in total. The summed E-state index contributed by atoms with van der Waals surface area (Å²) in [5.74, 6) is -1.05. The smallest absolute Gasteiger partial charge is 0.373 e. The molecule has 1 aromatic heterocycles. The second-order valence-electron chi connectivity index (χ2n) is 2.50. The van der Waals surface area contributed by atoms with Gasteiger partial charge in [-0.1, -0.05) is 0 Å². The molecule has 0 amide bonds. The number of nitro groups is 1. The third-order valence-corrected chi connectivity index (χ3v) is 1.63. The molecule has 1 rings (SSSR count). The lowest BCUT2D eigenvalue weighted by molar-refractivity contribution is -0.391. The Morgan fingerprint density at radius 2 is 2.27 bits per heavy atom. The quantitative estimate of drug-likeness (QED) is 0.591. The SMILES string of the molecule is N#Cc1c(N)cnc([N+](=O)[O-])c1C(F)F.